The van der Waals surface area contributed by atoms with Crippen molar-refractivity contribution in [1.29, 1.82) is 0 Å². The minimum Gasteiger partial charge on any atom is -0.466 e. The van der Waals surface area contributed by atoms with Gasteiger partial charge in [0.25, 0.3) is 0 Å². The summed E-state index contributed by atoms with van der Waals surface area (Å²) in [6.45, 7) is 3.60. The molecule has 1 aliphatic rings. The van der Waals surface area contributed by atoms with Crippen molar-refractivity contribution in [2.45, 2.75) is 19.8 Å². The molecule has 0 saturated carbocycles. The molecule has 2 heterocycles. The number of Topliss-reactive ketones (excluding diaryl/α,β-unsaturated/α-hetero) is 1. The zero-order valence-corrected chi connectivity index (χ0v) is 16.0. The number of dihydropyridines is 1. The molecule has 6 heteroatoms. The van der Waals surface area contributed by atoms with E-state index in [2.05, 4.69) is 5.32 Å². The van der Waals surface area contributed by atoms with Gasteiger partial charge in [-0.1, -0.05) is 18.2 Å². The highest BCUT2D eigenvalue weighted by molar-refractivity contribution is 7.17. The Labute approximate surface area is 156 Å². The number of methoxy groups -OCH3 is 2. The van der Waals surface area contributed by atoms with Gasteiger partial charge in [0.15, 0.2) is 5.78 Å². The van der Waals surface area contributed by atoms with Crippen LogP contribution in [0.4, 0.5) is 0 Å². The van der Waals surface area contributed by atoms with E-state index in [4.69, 9.17) is 9.47 Å². The summed E-state index contributed by atoms with van der Waals surface area (Å²) in [6.07, 6.45) is 0. The Morgan fingerprint density at radius 2 is 1.92 bits per heavy atom. The molecule has 1 aromatic carbocycles. The summed E-state index contributed by atoms with van der Waals surface area (Å²) in [5.41, 5.74) is 3.30. The molecule has 0 spiro atoms. The molecule has 1 unspecified atom stereocenters. The third-order valence-corrected chi connectivity index (χ3v) is 5.52. The first-order valence-corrected chi connectivity index (χ1v) is 9.12. The second kappa shape index (κ2) is 7.43. The highest BCUT2D eigenvalue weighted by Gasteiger charge is 2.37. The number of nitrogens with one attached hydrogen (secondary N) is 1. The number of thiophene rings is 1. The maximum absolute atomic E-state index is 12.7. The third kappa shape index (κ3) is 3.06. The summed E-state index contributed by atoms with van der Waals surface area (Å²) in [5, 5.41) is 6.22. The number of hydrogen-bond donors (Lipinski definition) is 1. The zero-order valence-electron chi connectivity index (χ0n) is 15.2. The van der Waals surface area contributed by atoms with Gasteiger partial charge in [-0.05, 0) is 36.2 Å². The van der Waals surface area contributed by atoms with E-state index in [0.717, 1.165) is 21.3 Å². The number of hydrogen-bond acceptors (Lipinski definition) is 6. The number of rotatable bonds is 5. The molecule has 1 aromatic heterocycles. The number of carbonyl (C=O) groups excluding carboxylic acids is 2. The number of ketones is 1. The van der Waals surface area contributed by atoms with E-state index in [9.17, 15) is 9.59 Å². The molecule has 26 heavy (non-hydrogen) atoms. The lowest BCUT2D eigenvalue weighted by Gasteiger charge is -2.31. The van der Waals surface area contributed by atoms with Crippen LogP contribution in [-0.2, 0) is 19.1 Å². The summed E-state index contributed by atoms with van der Waals surface area (Å²) in [5.74, 6) is -1.02. The van der Waals surface area contributed by atoms with E-state index in [0.29, 0.717) is 16.8 Å². The lowest BCUT2D eigenvalue weighted by atomic mass is 9.79. The molecule has 0 saturated heterocycles. The molecule has 0 bridgehead atoms. The van der Waals surface area contributed by atoms with Gasteiger partial charge >= 0.3 is 5.97 Å². The van der Waals surface area contributed by atoms with Crippen molar-refractivity contribution >= 4 is 33.2 Å². The van der Waals surface area contributed by atoms with Crippen LogP contribution in [0.25, 0.3) is 10.1 Å². The third-order valence-electron chi connectivity index (χ3n) is 4.54. The number of fused-ring (bicyclic) bond motifs is 1. The van der Waals surface area contributed by atoms with Crippen LogP contribution < -0.4 is 5.32 Å². The predicted octanol–water partition coefficient (Wildman–Crippen LogP) is 3.52. The molecule has 0 amide bonds. The minimum absolute atomic E-state index is 0.0758. The van der Waals surface area contributed by atoms with Crippen molar-refractivity contribution in [3.05, 3.63) is 57.7 Å². The SMILES string of the molecule is COCC1=C(C(=O)OC)C(c2csc3ccccc23)C(C(C)=O)=C(C)N1. The summed E-state index contributed by atoms with van der Waals surface area (Å²) < 4.78 is 11.4. The Morgan fingerprint density at radius 3 is 2.58 bits per heavy atom. The van der Waals surface area contributed by atoms with Crippen LogP contribution in [0, 0.1) is 0 Å². The van der Waals surface area contributed by atoms with Crippen LogP contribution in [0.2, 0.25) is 0 Å². The maximum atomic E-state index is 12.7. The first-order chi connectivity index (χ1) is 12.5. The molecule has 1 aliphatic heterocycles. The quantitative estimate of drug-likeness (QED) is 0.815. The van der Waals surface area contributed by atoms with Gasteiger partial charge < -0.3 is 14.8 Å². The lowest BCUT2D eigenvalue weighted by Crippen LogP contribution is -2.33. The van der Waals surface area contributed by atoms with Crippen molar-refractivity contribution in [3.63, 3.8) is 0 Å². The monoisotopic (exact) mass is 371 g/mol. The fraction of sp³-hybridized carbons (Fsp3) is 0.300. The fourth-order valence-corrected chi connectivity index (χ4v) is 4.49. The Hall–Kier alpha value is -2.44. The van der Waals surface area contributed by atoms with Crippen LogP contribution in [0.5, 0.6) is 0 Å². The van der Waals surface area contributed by atoms with Gasteiger partial charge in [0.05, 0.1) is 25.0 Å². The fourth-order valence-electron chi connectivity index (χ4n) is 3.51. The molecule has 5 nitrogen and oxygen atoms in total. The molecule has 0 fully saturated rings. The molecule has 136 valence electrons. The zero-order chi connectivity index (χ0) is 18.8. The van der Waals surface area contributed by atoms with Gasteiger partial charge in [-0.25, -0.2) is 4.79 Å². The van der Waals surface area contributed by atoms with E-state index in [1.54, 1.807) is 18.4 Å². The van der Waals surface area contributed by atoms with Crippen molar-refractivity contribution < 1.29 is 19.1 Å². The lowest BCUT2D eigenvalue weighted by molar-refractivity contribution is -0.136. The molecule has 2 aromatic rings. The predicted molar refractivity (Wildman–Crippen MR) is 102 cm³/mol. The molecule has 0 aliphatic carbocycles. The van der Waals surface area contributed by atoms with Crippen molar-refractivity contribution in [1.82, 2.24) is 5.32 Å². The Balaban J connectivity index is 2.30. The Bertz CT molecular complexity index is 938. The van der Waals surface area contributed by atoms with Gasteiger partial charge in [-0.3, -0.25) is 4.79 Å². The van der Waals surface area contributed by atoms with Crippen LogP contribution in [0.3, 0.4) is 0 Å². The van der Waals surface area contributed by atoms with Gasteiger partial charge in [0, 0.05) is 29.0 Å². The van der Waals surface area contributed by atoms with Crippen molar-refractivity contribution in [3.8, 4) is 0 Å². The number of carbonyl (C=O) groups is 2. The van der Waals surface area contributed by atoms with Crippen LogP contribution in [-0.4, -0.2) is 32.6 Å². The van der Waals surface area contributed by atoms with E-state index in [1.807, 2.05) is 36.6 Å². The second-order valence-electron chi connectivity index (χ2n) is 6.16. The average molecular weight is 371 g/mol. The van der Waals surface area contributed by atoms with E-state index < -0.39 is 11.9 Å². The largest absolute Gasteiger partial charge is 0.466 e. The van der Waals surface area contributed by atoms with Gasteiger partial charge in [-0.2, -0.15) is 0 Å². The number of allylic oxidation sites excluding steroid dienone is 2. The molecule has 0 radical (unpaired) electrons. The maximum Gasteiger partial charge on any atom is 0.336 e. The van der Waals surface area contributed by atoms with E-state index >= 15 is 0 Å². The summed E-state index contributed by atoms with van der Waals surface area (Å²) >= 11 is 1.60. The topological polar surface area (TPSA) is 64.6 Å². The second-order valence-corrected chi connectivity index (χ2v) is 7.07. The number of esters is 1. The number of benzene rings is 1. The van der Waals surface area contributed by atoms with Crippen LogP contribution >= 0.6 is 11.3 Å². The van der Waals surface area contributed by atoms with Gasteiger partial charge in [0.2, 0.25) is 0 Å². The summed E-state index contributed by atoms with van der Waals surface area (Å²) in [6, 6.07) is 7.99. The Morgan fingerprint density at radius 1 is 1.19 bits per heavy atom. The normalized spacial score (nSPS) is 17.5. The first kappa shape index (κ1) is 18.4. The van der Waals surface area contributed by atoms with Crippen LogP contribution in [0.15, 0.2) is 52.2 Å². The Kier molecular flexibility index (Phi) is 5.25. The molecular formula is C20H21NO4S. The van der Waals surface area contributed by atoms with Gasteiger partial charge in [-0.15, -0.1) is 11.3 Å². The van der Waals surface area contributed by atoms with Crippen molar-refractivity contribution in [2.24, 2.45) is 0 Å². The standard InChI is InChI=1S/C20H21NO4S/c1-11-17(12(2)22)18(14-10-26-16-8-6-5-7-13(14)16)19(20(23)25-4)15(21-11)9-24-3/h5-8,10,18,21H,9H2,1-4H3. The highest BCUT2D eigenvalue weighted by Crippen LogP contribution is 2.43. The summed E-state index contributed by atoms with van der Waals surface area (Å²) in [4.78, 5) is 25.1. The molecule has 1 N–H and O–H groups in total. The highest BCUT2D eigenvalue weighted by atomic mass is 32.1. The van der Waals surface area contributed by atoms with Crippen LogP contribution in [0.1, 0.15) is 25.3 Å². The number of ether oxygens (including phenoxy) is 2. The van der Waals surface area contributed by atoms with Gasteiger partial charge in [0.1, 0.15) is 0 Å². The minimum atomic E-state index is -0.484. The van der Waals surface area contributed by atoms with E-state index in [-0.39, 0.29) is 12.4 Å². The molecular weight excluding hydrogens is 350 g/mol. The van der Waals surface area contributed by atoms with E-state index in [1.165, 1.54) is 14.0 Å². The average Bonchev–Trinajstić information content (AvgIpc) is 3.04. The first-order valence-electron chi connectivity index (χ1n) is 8.24. The smallest absolute Gasteiger partial charge is 0.336 e. The molecule has 1 atom stereocenters. The summed E-state index contributed by atoms with van der Waals surface area (Å²) in [7, 11) is 2.92. The van der Waals surface area contributed by atoms with Crippen molar-refractivity contribution in [2.75, 3.05) is 20.8 Å². The molecule has 3 rings (SSSR count).